The Morgan fingerprint density at radius 3 is 2.92 bits per heavy atom. The van der Waals surface area contributed by atoms with Crippen molar-refractivity contribution in [3.63, 3.8) is 0 Å². The van der Waals surface area contributed by atoms with Gasteiger partial charge in [-0.1, -0.05) is 11.6 Å². The fraction of sp³-hybridized carbons (Fsp3) is 0.111. The molecule has 0 fully saturated rings. The molecule has 13 heavy (non-hydrogen) atoms. The van der Waals surface area contributed by atoms with E-state index in [4.69, 9.17) is 11.6 Å². The van der Waals surface area contributed by atoms with Crippen molar-refractivity contribution in [2.45, 2.75) is 4.90 Å². The predicted molar refractivity (Wildman–Crippen MR) is 71.3 cm³/mol. The summed E-state index contributed by atoms with van der Waals surface area (Å²) in [5.74, 6) is 0. The third-order valence-corrected chi connectivity index (χ3v) is 5.46. The minimum absolute atomic E-state index is 0.875. The maximum absolute atomic E-state index is 6.10. The molecular formula is C9H6ClIS2. The lowest BCUT2D eigenvalue weighted by atomic mass is 10.3. The maximum atomic E-state index is 6.10. The van der Waals surface area contributed by atoms with Gasteiger partial charge in [0.2, 0.25) is 0 Å². The summed E-state index contributed by atoms with van der Waals surface area (Å²) in [7, 11) is 0. The molecule has 1 aromatic carbocycles. The van der Waals surface area contributed by atoms with Crippen LogP contribution in [0.5, 0.6) is 0 Å². The molecule has 1 heterocycles. The van der Waals surface area contributed by atoms with Crippen molar-refractivity contribution in [1.82, 2.24) is 0 Å². The zero-order valence-corrected chi connectivity index (χ0v) is 11.4. The van der Waals surface area contributed by atoms with Gasteiger partial charge in [-0.15, -0.1) is 23.1 Å². The van der Waals surface area contributed by atoms with E-state index in [9.17, 15) is 0 Å². The summed E-state index contributed by atoms with van der Waals surface area (Å²) in [6, 6.07) is 4.29. The molecule has 0 N–H and O–H groups in total. The van der Waals surface area contributed by atoms with E-state index in [1.54, 1.807) is 23.1 Å². The first-order chi connectivity index (χ1) is 6.24. The third-order valence-electron chi connectivity index (χ3n) is 1.82. The summed E-state index contributed by atoms with van der Waals surface area (Å²) in [6.45, 7) is 0. The van der Waals surface area contributed by atoms with Gasteiger partial charge >= 0.3 is 0 Å². The summed E-state index contributed by atoms with van der Waals surface area (Å²) < 4.78 is 2.54. The van der Waals surface area contributed by atoms with Crippen molar-refractivity contribution >= 4 is 67.4 Å². The normalized spacial score (nSPS) is 11.0. The van der Waals surface area contributed by atoms with E-state index in [0.29, 0.717) is 0 Å². The molecule has 0 saturated heterocycles. The van der Waals surface area contributed by atoms with Crippen molar-refractivity contribution < 1.29 is 0 Å². The standard InChI is InChI=1S/C9H6ClIS2/c1-12-7-3-2-6-8(9(7)11)5(10)4-13-6/h2-4H,1H3. The van der Waals surface area contributed by atoms with Crippen LogP contribution in [0, 0.1) is 3.57 Å². The van der Waals surface area contributed by atoms with Gasteiger partial charge in [-0.05, 0) is 41.0 Å². The van der Waals surface area contributed by atoms with Crippen LogP contribution in [0.15, 0.2) is 22.4 Å². The Balaban J connectivity index is 2.83. The Hall–Kier alpha value is 0.550. The first-order valence-corrected chi connectivity index (χ1v) is 7.19. The fourth-order valence-electron chi connectivity index (χ4n) is 1.19. The zero-order chi connectivity index (χ0) is 9.42. The van der Waals surface area contributed by atoms with Gasteiger partial charge in [0, 0.05) is 23.9 Å². The molecule has 0 saturated carbocycles. The van der Waals surface area contributed by atoms with Gasteiger partial charge in [0.1, 0.15) is 0 Å². The maximum Gasteiger partial charge on any atom is 0.0602 e. The number of fused-ring (bicyclic) bond motifs is 1. The summed E-state index contributed by atoms with van der Waals surface area (Å²) in [5.41, 5.74) is 0. The molecule has 0 aliphatic carbocycles. The van der Waals surface area contributed by atoms with Crippen molar-refractivity contribution in [3.8, 4) is 0 Å². The third kappa shape index (κ3) is 1.71. The highest BCUT2D eigenvalue weighted by Gasteiger charge is 2.08. The Morgan fingerprint density at radius 1 is 1.46 bits per heavy atom. The van der Waals surface area contributed by atoms with Crippen molar-refractivity contribution in [1.29, 1.82) is 0 Å². The Kier molecular flexibility index (Phi) is 3.07. The van der Waals surface area contributed by atoms with E-state index in [2.05, 4.69) is 41.0 Å². The van der Waals surface area contributed by atoms with Crippen LogP contribution in [0.1, 0.15) is 0 Å². The van der Waals surface area contributed by atoms with Crippen LogP contribution in [0.3, 0.4) is 0 Å². The van der Waals surface area contributed by atoms with E-state index in [0.717, 1.165) is 5.02 Å². The minimum atomic E-state index is 0.875. The van der Waals surface area contributed by atoms with Crippen LogP contribution in [0.2, 0.25) is 5.02 Å². The Bertz CT molecular complexity index is 450. The molecule has 2 rings (SSSR count). The predicted octanol–water partition coefficient (Wildman–Crippen LogP) is 4.88. The lowest BCUT2D eigenvalue weighted by Gasteiger charge is -2.01. The number of hydrogen-bond donors (Lipinski definition) is 0. The number of rotatable bonds is 1. The lowest BCUT2D eigenvalue weighted by molar-refractivity contribution is 1.47. The van der Waals surface area contributed by atoms with Gasteiger partial charge in [0.05, 0.1) is 5.02 Å². The highest BCUT2D eigenvalue weighted by Crippen LogP contribution is 2.37. The van der Waals surface area contributed by atoms with Gasteiger partial charge in [0.15, 0.2) is 0 Å². The number of thioether (sulfide) groups is 1. The van der Waals surface area contributed by atoms with Crippen LogP contribution in [0.25, 0.3) is 10.1 Å². The van der Waals surface area contributed by atoms with Crippen molar-refractivity contribution in [2.24, 2.45) is 0 Å². The smallest absolute Gasteiger partial charge is 0.0602 e. The van der Waals surface area contributed by atoms with Gasteiger partial charge in [-0.2, -0.15) is 0 Å². The van der Waals surface area contributed by atoms with E-state index >= 15 is 0 Å². The van der Waals surface area contributed by atoms with Gasteiger partial charge in [-0.25, -0.2) is 0 Å². The lowest BCUT2D eigenvalue weighted by Crippen LogP contribution is -1.78. The fourth-order valence-corrected chi connectivity index (χ4v) is 4.65. The molecule has 0 bridgehead atoms. The van der Waals surface area contributed by atoms with Gasteiger partial charge in [-0.3, -0.25) is 0 Å². The number of hydrogen-bond acceptors (Lipinski definition) is 2. The number of thiophene rings is 1. The van der Waals surface area contributed by atoms with Crippen LogP contribution in [-0.2, 0) is 0 Å². The van der Waals surface area contributed by atoms with E-state index in [-0.39, 0.29) is 0 Å². The Labute approximate surface area is 104 Å². The summed E-state index contributed by atoms with van der Waals surface area (Å²) in [4.78, 5) is 1.30. The van der Waals surface area contributed by atoms with Crippen LogP contribution < -0.4 is 0 Å². The molecule has 0 aliphatic rings. The van der Waals surface area contributed by atoms with Gasteiger partial charge < -0.3 is 0 Å². The summed E-state index contributed by atoms with van der Waals surface area (Å²) >= 11 is 11.9. The zero-order valence-electron chi connectivity index (χ0n) is 6.80. The van der Waals surface area contributed by atoms with E-state index in [1.807, 2.05) is 5.38 Å². The van der Waals surface area contributed by atoms with E-state index < -0.39 is 0 Å². The molecule has 0 atom stereocenters. The topological polar surface area (TPSA) is 0 Å². The van der Waals surface area contributed by atoms with Crippen molar-refractivity contribution in [2.75, 3.05) is 6.26 Å². The molecule has 0 amide bonds. The molecule has 68 valence electrons. The second kappa shape index (κ2) is 3.96. The molecule has 0 unspecified atom stereocenters. The summed E-state index contributed by atoms with van der Waals surface area (Å²) in [6.07, 6.45) is 2.09. The number of benzene rings is 1. The SMILES string of the molecule is CSc1ccc2scc(Cl)c2c1I. The summed E-state index contributed by atoms with van der Waals surface area (Å²) in [5, 5.41) is 4.08. The highest BCUT2D eigenvalue weighted by molar-refractivity contribution is 14.1. The van der Waals surface area contributed by atoms with E-state index in [1.165, 1.54) is 18.6 Å². The van der Waals surface area contributed by atoms with Crippen LogP contribution in [-0.4, -0.2) is 6.26 Å². The average molecular weight is 341 g/mol. The molecule has 1 aromatic heterocycles. The minimum Gasteiger partial charge on any atom is -0.142 e. The van der Waals surface area contributed by atoms with Crippen LogP contribution >= 0.6 is 57.3 Å². The molecule has 4 heteroatoms. The molecule has 0 radical (unpaired) electrons. The van der Waals surface area contributed by atoms with Crippen LogP contribution in [0.4, 0.5) is 0 Å². The molecule has 2 aromatic rings. The first kappa shape index (κ1) is 10.1. The van der Waals surface area contributed by atoms with Crippen molar-refractivity contribution in [3.05, 3.63) is 26.1 Å². The van der Waals surface area contributed by atoms with Gasteiger partial charge in [0.25, 0.3) is 0 Å². The second-order valence-electron chi connectivity index (χ2n) is 2.54. The quantitative estimate of drug-likeness (QED) is 0.526. The monoisotopic (exact) mass is 340 g/mol. The average Bonchev–Trinajstić information content (AvgIpc) is 2.49. The second-order valence-corrected chi connectivity index (χ2v) is 5.78. The highest BCUT2D eigenvalue weighted by atomic mass is 127. The number of halogens is 2. The molecule has 0 nitrogen and oxygen atoms in total. The molecule has 0 aliphatic heterocycles. The molecule has 0 spiro atoms. The largest absolute Gasteiger partial charge is 0.142 e. The molecular weight excluding hydrogens is 335 g/mol. The Morgan fingerprint density at radius 2 is 2.23 bits per heavy atom. The first-order valence-electron chi connectivity index (χ1n) is 3.63.